The highest BCUT2D eigenvalue weighted by Gasteiger charge is 2.25. The van der Waals surface area contributed by atoms with Crippen molar-refractivity contribution in [1.29, 1.82) is 0 Å². The number of hydrogen-bond donors (Lipinski definition) is 1. The lowest BCUT2D eigenvalue weighted by atomic mass is 10.2. The third-order valence-corrected chi connectivity index (χ3v) is 6.56. The zero-order valence-corrected chi connectivity index (χ0v) is 18.0. The van der Waals surface area contributed by atoms with E-state index in [4.69, 9.17) is 14.6 Å². The number of nitrogens with zero attached hydrogens (tertiary/aromatic N) is 1. The topological polar surface area (TPSA) is 93.1 Å². The van der Waals surface area contributed by atoms with E-state index in [1.807, 2.05) is 6.07 Å². The lowest BCUT2D eigenvalue weighted by Crippen LogP contribution is -2.30. The number of carbonyl (C=O) groups is 1. The first kappa shape index (κ1) is 22.3. The second-order valence-electron chi connectivity index (χ2n) is 6.80. The Labute approximate surface area is 181 Å². The maximum absolute atomic E-state index is 13.4. The lowest BCUT2D eigenvalue weighted by Gasteiger charge is -2.23. The van der Waals surface area contributed by atoms with E-state index in [0.29, 0.717) is 11.5 Å². The summed E-state index contributed by atoms with van der Waals surface area (Å²) in [4.78, 5) is 11.1. The smallest absolute Gasteiger partial charge is 0.335 e. The molecule has 0 fully saturated rings. The van der Waals surface area contributed by atoms with Gasteiger partial charge in [-0.05, 0) is 59.7 Å². The number of benzene rings is 3. The summed E-state index contributed by atoms with van der Waals surface area (Å²) in [5.41, 5.74) is 1.57. The zero-order valence-electron chi connectivity index (χ0n) is 17.2. The van der Waals surface area contributed by atoms with Gasteiger partial charge in [-0.3, -0.25) is 0 Å². The molecule has 3 aromatic rings. The van der Waals surface area contributed by atoms with Crippen molar-refractivity contribution >= 4 is 16.0 Å². The van der Waals surface area contributed by atoms with Gasteiger partial charge in [0.05, 0.1) is 24.7 Å². The Morgan fingerprint density at radius 3 is 2.03 bits per heavy atom. The summed E-state index contributed by atoms with van der Waals surface area (Å²) in [5.74, 6) is 0.190. The molecule has 7 nitrogen and oxygen atoms in total. The summed E-state index contributed by atoms with van der Waals surface area (Å²) in [6, 6.07) is 19.5. The number of sulfonamides is 1. The van der Waals surface area contributed by atoms with Crippen LogP contribution in [0.5, 0.6) is 11.5 Å². The van der Waals surface area contributed by atoms with Crippen LogP contribution in [-0.2, 0) is 23.1 Å². The molecule has 0 amide bonds. The van der Waals surface area contributed by atoms with Crippen LogP contribution in [0.15, 0.2) is 77.7 Å². The van der Waals surface area contributed by atoms with E-state index in [2.05, 4.69) is 0 Å². The van der Waals surface area contributed by atoms with Gasteiger partial charge in [-0.1, -0.05) is 24.3 Å². The predicted molar refractivity (Wildman–Crippen MR) is 116 cm³/mol. The molecule has 31 heavy (non-hydrogen) atoms. The van der Waals surface area contributed by atoms with Gasteiger partial charge in [-0.25, -0.2) is 13.2 Å². The summed E-state index contributed by atoms with van der Waals surface area (Å²) in [6.45, 7) is 0.246. The van der Waals surface area contributed by atoms with Crippen molar-refractivity contribution in [2.75, 3.05) is 14.2 Å². The molecule has 8 heteroatoms. The van der Waals surface area contributed by atoms with Gasteiger partial charge in [0.1, 0.15) is 11.5 Å². The molecule has 0 unspecified atom stereocenters. The highest BCUT2D eigenvalue weighted by molar-refractivity contribution is 7.89. The molecule has 3 aromatic carbocycles. The molecule has 0 aliphatic rings. The summed E-state index contributed by atoms with van der Waals surface area (Å²) in [6.07, 6.45) is 0. The fraction of sp³-hybridized carbons (Fsp3) is 0.174. The Kier molecular flexibility index (Phi) is 6.94. The van der Waals surface area contributed by atoms with Gasteiger partial charge < -0.3 is 14.6 Å². The molecule has 0 atom stereocenters. The van der Waals surface area contributed by atoms with Gasteiger partial charge in [0, 0.05) is 13.1 Å². The van der Waals surface area contributed by atoms with Crippen molar-refractivity contribution in [1.82, 2.24) is 4.31 Å². The molecule has 1 N–H and O–H groups in total. The number of aromatic carboxylic acids is 1. The van der Waals surface area contributed by atoms with Crippen molar-refractivity contribution in [3.05, 3.63) is 89.5 Å². The third-order valence-electron chi connectivity index (χ3n) is 4.75. The van der Waals surface area contributed by atoms with Crippen LogP contribution in [-0.4, -0.2) is 38.0 Å². The van der Waals surface area contributed by atoms with Gasteiger partial charge in [0.2, 0.25) is 10.0 Å². The predicted octanol–water partition coefficient (Wildman–Crippen LogP) is 3.79. The minimum atomic E-state index is -3.91. The van der Waals surface area contributed by atoms with Gasteiger partial charge in [0.15, 0.2) is 0 Å². The van der Waals surface area contributed by atoms with E-state index in [1.165, 1.54) is 28.6 Å². The maximum atomic E-state index is 13.4. The molecule has 3 rings (SSSR count). The quantitative estimate of drug-likeness (QED) is 0.543. The van der Waals surface area contributed by atoms with E-state index in [1.54, 1.807) is 56.7 Å². The molecule has 162 valence electrons. The van der Waals surface area contributed by atoms with E-state index in [9.17, 15) is 13.2 Å². The van der Waals surface area contributed by atoms with Gasteiger partial charge in [-0.15, -0.1) is 0 Å². The summed E-state index contributed by atoms with van der Waals surface area (Å²) in [7, 11) is -0.791. The van der Waals surface area contributed by atoms with Crippen LogP contribution in [0, 0.1) is 0 Å². The first-order chi connectivity index (χ1) is 14.8. The first-order valence-corrected chi connectivity index (χ1v) is 10.9. The highest BCUT2D eigenvalue weighted by atomic mass is 32.2. The fourth-order valence-electron chi connectivity index (χ4n) is 3.05. The number of methoxy groups -OCH3 is 2. The van der Waals surface area contributed by atoms with Crippen molar-refractivity contribution < 1.29 is 27.8 Å². The van der Waals surface area contributed by atoms with Crippen LogP contribution in [0.2, 0.25) is 0 Å². The second-order valence-corrected chi connectivity index (χ2v) is 8.74. The van der Waals surface area contributed by atoms with Crippen LogP contribution >= 0.6 is 0 Å². The molecular weight excluding hydrogens is 418 g/mol. The molecule has 0 aliphatic carbocycles. The third kappa shape index (κ3) is 5.42. The molecule has 0 bridgehead atoms. The highest BCUT2D eigenvalue weighted by Crippen LogP contribution is 2.24. The van der Waals surface area contributed by atoms with E-state index >= 15 is 0 Å². The monoisotopic (exact) mass is 441 g/mol. The van der Waals surface area contributed by atoms with Crippen LogP contribution in [0.25, 0.3) is 0 Å². The van der Waals surface area contributed by atoms with Crippen LogP contribution in [0.3, 0.4) is 0 Å². The molecular formula is C23H23NO6S. The van der Waals surface area contributed by atoms with E-state index < -0.39 is 16.0 Å². The fourth-order valence-corrected chi connectivity index (χ4v) is 4.47. The van der Waals surface area contributed by atoms with Crippen LogP contribution in [0.1, 0.15) is 21.5 Å². The van der Waals surface area contributed by atoms with Gasteiger partial charge in [-0.2, -0.15) is 4.31 Å². The largest absolute Gasteiger partial charge is 0.497 e. The average Bonchev–Trinajstić information content (AvgIpc) is 2.79. The minimum Gasteiger partial charge on any atom is -0.497 e. The molecule has 0 aromatic heterocycles. The zero-order chi connectivity index (χ0) is 22.4. The summed E-state index contributed by atoms with van der Waals surface area (Å²) in [5, 5.41) is 9.09. The number of carboxylic acids is 1. The van der Waals surface area contributed by atoms with Crippen molar-refractivity contribution in [2.24, 2.45) is 0 Å². The Hall–Kier alpha value is -3.36. The lowest BCUT2D eigenvalue weighted by molar-refractivity contribution is 0.0696. The standard InChI is InChI=1S/C23H23NO6S/c1-29-20-10-6-17(7-11-20)15-24(16-18-4-3-5-21(14-18)30-2)31(27,28)22-12-8-19(9-13-22)23(25)26/h3-14H,15-16H2,1-2H3,(H,25,26). The molecule has 0 radical (unpaired) electrons. The number of ether oxygens (including phenoxy) is 2. The van der Waals surface area contributed by atoms with Gasteiger partial charge >= 0.3 is 5.97 Å². The average molecular weight is 442 g/mol. The molecule has 0 saturated carbocycles. The molecule has 0 heterocycles. The first-order valence-electron chi connectivity index (χ1n) is 9.43. The Balaban J connectivity index is 1.96. The Morgan fingerprint density at radius 2 is 1.45 bits per heavy atom. The van der Waals surface area contributed by atoms with Crippen molar-refractivity contribution in [3.8, 4) is 11.5 Å². The Bertz CT molecular complexity index is 1140. The van der Waals surface area contributed by atoms with Crippen molar-refractivity contribution in [3.63, 3.8) is 0 Å². The molecule has 0 saturated heterocycles. The number of carboxylic acid groups (broad SMARTS) is 1. The molecule has 0 spiro atoms. The summed E-state index contributed by atoms with van der Waals surface area (Å²) >= 11 is 0. The summed E-state index contributed by atoms with van der Waals surface area (Å²) < 4.78 is 38.6. The maximum Gasteiger partial charge on any atom is 0.335 e. The van der Waals surface area contributed by atoms with Gasteiger partial charge in [0.25, 0.3) is 0 Å². The van der Waals surface area contributed by atoms with Crippen molar-refractivity contribution in [2.45, 2.75) is 18.0 Å². The second kappa shape index (κ2) is 9.63. The van der Waals surface area contributed by atoms with Crippen LogP contribution in [0.4, 0.5) is 0 Å². The van der Waals surface area contributed by atoms with E-state index in [0.717, 1.165) is 11.1 Å². The number of hydrogen-bond acceptors (Lipinski definition) is 5. The Morgan fingerprint density at radius 1 is 0.839 bits per heavy atom. The normalized spacial score (nSPS) is 11.3. The SMILES string of the molecule is COc1ccc(CN(Cc2cccc(OC)c2)S(=O)(=O)c2ccc(C(=O)O)cc2)cc1. The minimum absolute atomic E-state index is 0.0217. The molecule has 0 aliphatic heterocycles. The number of rotatable bonds is 9. The van der Waals surface area contributed by atoms with E-state index in [-0.39, 0.29) is 23.5 Å². The van der Waals surface area contributed by atoms with Crippen LogP contribution < -0.4 is 9.47 Å².